The molecule has 0 saturated heterocycles. The Balaban J connectivity index is 1.87. The molecule has 0 atom stereocenters. The van der Waals surface area contributed by atoms with Crippen LogP contribution in [0, 0.1) is 11.8 Å². The third kappa shape index (κ3) is 5.74. The fourth-order valence-corrected chi connectivity index (χ4v) is 2.04. The molecule has 7 heteroatoms. The lowest BCUT2D eigenvalue weighted by Gasteiger charge is -2.11. The fraction of sp³-hybridized carbons (Fsp3) is 0.211. The highest BCUT2D eigenvalue weighted by Crippen LogP contribution is 2.36. The molecule has 0 spiro atoms. The molecule has 0 aromatic heterocycles. The van der Waals surface area contributed by atoms with Crippen molar-refractivity contribution >= 4 is 6.09 Å². The Labute approximate surface area is 148 Å². The van der Waals surface area contributed by atoms with Crippen LogP contribution in [0.25, 0.3) is 0 Å². The molecule has 0 aliphatic rings. The van der Waals surface area contributed by atoms with Crippen molar-refractivity contribution in [3.8, 4) is 17.6 Å². The number of carbonyl (C=O) groups excluding carboxylic acids is 1. The van der Waals surface area contributed by atoms with E-state index >= 15 is 0 Å². The number of alkyl carbamates (subject to hydrolysis) is 1. The summed E-state index contributed by atoms with van der Waals surface area (Å²) in [5.74, 6) is 5.00. The van der Waals surface area contributed by atoms with Crippen LogP contribution >= 0.6 is 0 Å². The zero-order valence-corrected chi connectivity index (χ0v) is 13.9. The SMILES string of the molecule is COc1cc(C#CCNC(=O)OCc2ccccc2)ccc1C(F)(F)F. The van der Waals surface area contributed by atoms with Gasteiger partial charge in [-0.1, -0.05) is 42.2 Å². The van der Waals surface area contributed by atoms with Crippen molar-refractivity contribution in [2.75, 3.05) is 13.7 Å². The number of carbonyl (C=O) groups is 1. The Morgan fingerprint density at radius 3 is 2.54 bits per heavy atom. The first-order valence-corrected chi connectivity index (χ1v) is 7.59. The molecule has 0 aliphatic heterocycles. The number of nitrogens with one attached hydrogen (secondary N) is 1. The Morgan fingerprint density at radius 1 is 1.15 bits per heavy atom. The van der Waals surface area contributed by atoms with Gasteiger partial charge in [-0.2, -0.15) is 13.2 Å². The molecule has 4 nitrogen and oxygen atoms in total. The molecule has 0 bridgehead atoms. The Hall–Kier alpha value is -3.14. The van der Waals surface area contributed by atoms with Gasteiger partial charge in [0.1, 0.15) is 12.4 Å². The van der Waals surface area contributed by atoms with E-state index in [1.54, 1.807) is 0 Å². The first-order chi connectivity index (χ1) is 12.4. The van der Waals surface area contributed by atoms with Crippen LogP contribution in [0.3, 0.4) is 0 Å². The number of halogens is 3. The number of hydrogen-bond acceptors (Lipinski definition) is 3. The van der Waals surface area contributed by atoms with Crippen molar-refractivity contribution in [2.24, 2.45) is 0 Å². The first-order valence-electron chi connectivity index (χ1n) is 7.59. The van der Waals surface area contributed by atoms with E-state index in [-0.39, 0.29) is 18.9 Å². The maximum atomic E-state index is 12.8. The summed E-state index contributed by atoms with van der Waals surface area (Å²) in [6.45, 7) is 0.132. The van der Waals surface area contributed by atoms with Crippen molar-refractivity contribution in [2.45, 2.75) is 12.8 Å². The summed E-state index contributed by atoms with van der Waals surface area (Å²) in [6, 6.07) is 12.5. The lowest BCUT2D eigenvalue weighted by atomic mass is 10.1. The summed E-state index contributed by atoms with van der Waals surface area (Å²) < 4.78 is 48.1. The van der Waals surface area contributed by atoms with Crippen molar-refractivity contribution in [3.05, 3.63) is 65.2 Å². The van der Waals surface area contributed by atoms with E-state index in [0.29, 0.717) is 5.56 Å². The van der Waals surface area contributed by atoms with E-state index in [4.69, 9.17) is 9.47 Å². The van der Waals surface area contributed by atoms with Crippen LogP contribution in [0.4, 0.5) is 18.0 Å². The van der Waals surface area contributed by atoms with Crippen LogP contribution in [0.5, 0.6) is 5.75 Å². The van der Waals surface area contributed by atoms with Gasteiger partial charge in [0.2, 0.25) is 0 Å². The van der Waals surface area contributed by atoms with Crippen LogP contribution in [-0.4, -0.2) is 19.7 Å². The topological polar surface area (TPSA) is 47.6 Å². The van der Waals surface area contributed by atoms with Crippen LogP contribution in [0.15, 0.2) is 48.5 Å². The monoisotopic (exact) mass is 363 g/mol. The van der Waals surface area contributed by atoms with Crippen molar-refractivity contribution in [1.82, 2.24) is 5.32 Å². The van der Waals surface area contributed by atoms with E-state index in [1.807, 2.05) is 30.3 Å². The standard InChI is InChI=1S/C19H16F3NO3/c1-25-17-12-14(9-10-16(17)19(20,21)22)8-5-11-23-18(24)26-13-15-6-3-2-4-7-15/h2-4,6-7,9-10,12H,11,13H2,1H3,(H,23,24). The van der Waals surface area contributed by atoms with Crippen LogP contribution < -0.4 is 10.1 Å². The number of ether oxygens (including phenoxy) is 2. The van der Waals surface area contributed by atoms with Gasteiger partial charge in [-0.3, -0.25) is 0 Å². The molecule has 0 heterocycles. The second-order valence-electron chi connectivity index (χ2n) is 5.13. The van der Waals surface area contributed by atoms with E-state index in [0.717, 1.165) is 18.7 Å². The quantitative estimate of drug-likeness (QED) is 0.836. The first kappa shape index (κ1) is 19.2. The van der Waals surface area contributed by atoms with E-state index in [2.05, 4.69) is 17.2 Å². The van der Waals surface area contributed by atoms with Gasteiger partial charge >= 0.3 is 12.3 Å². The Kier molecular flexibility index (Phi) is 6.50. The minimum Gasteiger partial charge on any atom is -0.496 e. The Morgan fingerprint density at radius 2 is 1.88 bits per heavy atom. The number of hydrogen-bond donors (Lipinski definition) is 1. The van der Waals surface area contributed by atoms with Crippen LogP contribution in [-0.2, 0) is 17.5 Å². The number of alkyl halides is 3. The summed E-state index contributed by atoms with van der Waals surface area (Å²) >= 11 is 0. The normalized spacial score (nSPS) is 10.5. The molecule has 0 saturated carbocycles. The highest BCUT2D eigenvalue weighted by atomic mass is 19.4. The summed E-state index contributed by atoms with van der Waals surface area (Å²) in [6.07, 6.45) is -5.13. The Bertz CT molecular complexity index is 808. The summed E-state index contributed by atoms with van der Waals surface area (Å²) in [4.78, 5) is 11.5. The predicted octanol–water partition coefficient (Wildman–Crippen LogP) is 3.99. The minimum absolute atomic E-state index is 0.00302. The lowest BCUT2D eigenvalue weighted by Crippen LogP contribution is -2.24. The predicted molar refractivity (Wildman–Crippen MR) is 89.5 cm³/mol. The molecule has 0 fully saturated rings. The lowest BCUT2D eigenvalue weighted by molar-refractivity contribution is -0.138. The molecule has 2 rings (SSSR count). The third-order valence-corrected chi connectivity index (χ3v) is 3.27. The molecular formula is C19H16F3NO3. The molecule has 0 unspecified atom stereocenters. The van der Waals surface area contributed by atoms with Gasteiger partial charge in [0.05, 0.1) is 19.2 Å². The van der Waals surface area contributed by atoms with E-state index in [1.165, 1.54) is 12.1 Å². The third-order valence-electron chi connectivity index (χ3n) is 3.27. The summed E-state index contributed by atoms with van der Waals surface area (Å²) in [5.41, 5.74) is 0.327. The smallest absolute Gasteiger partial charge is 0.419 e. The molecule has 2 aromatic carbocycles. The van der Waals surface area contributed by atoms with Gasteiger partial charge in [0, 0.05) is 5.56 Å². The maximum absolute atomic E-state index is 12.8. The maximum Gasteiger partial charge on any atom is 0.419 e. The number of benzene rings is 2. The van der Waals surface area contributed by atoms with Crippen LogP contribution in [0.1, 0.15) is 16.7 Å². The highest BCUT2D eigenvalue weighted by Gasteiger charge is 2.34. The van der Waals surface area contributed by atoms with Gasteiger partial charge in [-0.15, -0.1) is 0 Å². The molecule has 26 heavy (non-hydrogen) atoms. The number of methoxy groups -OCH3 is 1. The number of amides is 1. The van der Waals surface area contributed by atoms with E-state index in [9.17, 15) is 18.0 Å². The molecule has 0 radical (unpaired) electrons. The molecule has 2 aromatic rings. The van der Waals surface area contributed by atoms with Gasteiger partial charge in [-0.05, 0) is 23.8 Å². The van der Waals surface area contributed by atoms with Gasteiger partial charge in [0.25, 0.3) is 0 Å². The zero-order chi connectivity index (χ0) is 19.0. The minimum atomic E-state index is -4.50. The summed E-state index contributed by atoms with van der Waals surface area (Å²) in [7, 11) is 1.16. The average Bonchev–Trinajstić information content (AvgIpc) is 2.63. The van der Waals surface area contributed by atoms with Crippen LogP contribution in [0.2, 0.25) is 0 Å². The van der Waals surface area contributed by atoms with Crippen molar-refractivity contribution in [1.29, 1.82) is 0 Å². The van der Waals surface area contributed by atoms with Gasteiger partial charge in [-0.25, -0.2) is 4.79 Å². The second kappa shape index (κ2) is 8.81. The molecular weight excluding hydrogens is 347 g/mol. The van der Waals surface area contributed by atoms with Crippen molar-refractivity contribution in [3.63, 3.8) is 0 Å². The van der Waals surface area contributed by atoms with Crippen molar-refractivity contribution < 1.29 is 27.4 Å². The van der Waals surface area contributed by atoms with E-state index < -0.39 is 17.8 Å². The molecule has 1 amide bonds. The molecule has 136 valence electrons. The largest absolute Gasteiger partial charge is 0.496 e. The zero-order valence-electron chi connectivity index (χ0n) is 13.9. The average molecular weight is 363 g/mol. The molecule has 0 aliphatic carbocycles. The second-order valence-corrected chi connectivity index (χ2v) is 5.13. The fourth-order valence-electron chi connectivity index (χ4n) is 2.04. The van der Waals surface area contributed by atoms with Gasteiger partial charge in [0.15, 0.2) is 0 Å². The summed E-state index contributed by atoms with van der Waals surface area (Å²) in [5, 5.41) is 2.44. The number of rotatable bonds is 4. The van der Waals surface area contributed by atoms with Gasteiger partial charge < -0.3 is 14.8 Å². The molecule has 1 N–H and O–H groups in total. The highest BCUT2D eigenvalue weighted by molar-refractivity contribution is 5.67.